The molecular weight excluding hydrogens is 182 g/mol. The summed E-state index contributed by atoms with van der Waals surface area (Å²) in [5, 5.41) is 11.9. The Hall–Kier alpha value is -0.320. The van der Waals surface area contributed by atoms with Crippen molar-refractivity contribution in [2.75, 3.05) is 13.2 Å². The maximum Gasteiger partial charge on any atom is 0.323 e. The average Bonchev–Trinajstić information content (AvgIpc) is 2.36. The van der Waals surface area contributed by atoms with E-state index in [4.69, 9.17) is 9.84 Å². The number of hydrogen-bond acceptors (Lipinski definition) is 4. The third-order valence-electron chi connectivity index (χ3n) is 1.68. The maximum absolute atomic E-state index is 11.0. The molecule has 4 nitrogen and oxygen atoms in total. The maximum atomic E-state index is 11.0. The van der Waals surface area contributed by atoms with Crippen LogP contribution < -0.4 is 5.32 Å². The molecule has 2 N–H and O–H groups in total. The second-order valence-electron chi connectivity index (χ2n) is 2.60. The lowest BCUT2D eigenvalue weighted by atomic mass is 10.2. The highest BCUT2D eigenvalue weighted by atomic mass is 35.5. The summed E-state index contributed by atoms with van der Waals surface area (Å²) in [5.74, 6) is -0.260. The topological polar surface area (TPSA) is 58.6 Å². The van der Waals surface area contributed by atoms with E-state index in [-0.39, 0.29) is 24.4 Å². The van der Waals surface area contributed by atoms with E-state index in [1.807, 2.05) is 0 Å². The van der Waals surface area contributed by atoms with Crippen LogP contribution in [0.4, 0.5) is 0 Å². The number of aliphatic hydroxyl groups is 1. The van der Waals surface area contributed by atoms with Gasteiger partial charge in [-0.2, -0.15) is 0 Å². The van der Waals surface area contributed by atoms with Crippen LogP contribution in [0.1, 0.15) is 13.3 Å². The highest BCUT2D eigenvalue weighted by molar-refractivity contribution is 5.85. The highest BCUT2D eigenvalue weighted by Crippen LogP contribution is 2.07. The van der Waals surface area contributed by atoms with E-state index in [0.29, 0.717) is 19.6 Å². The first-order chi connectivity index (χ1) is 5.24. The minimum atomic E-state index is -0.399. The standard InChI is InChI=1S/C7H13NO3.ClH/c1-2-11-7(10)6-3-5(9)4-8-6;/h5-6,8-9H,2-4H2,1H3;1H/t5?,6-;/m1./s1. The lowest BCUT2D eigenvalue weighted by molar-refractivity contribution is -0.145. The smallest absolute Gasteiger partial charge is 0.323 e. The van der Waals surface area contributed by atoms with Gasteiger partial charge in [0.2, 0.25) is 0 Å². The second-order valence-corrected chi connectivity index (χ2v) is 2.60. The average molecular weight is 196 g/mol. The van der Waals surface area contributed by atoms with Gasteiger partial charge in [-0.3, -0.25) is 4.79 Å². The number of nitrogens with one attached hydrogen (secondary N) is 1. The Balaban J connectivity index is 0.00000121. The van der Waals surface area contributed by atoms with Crippen LogP contribution in [0.3, 0.4) is 0 Å². The fourth-order valence-corrected chi connectivity index (χ4v) is 1.14. The summed E-state index contributed by atoms with van der Waals surface area (Å²) < 4.78 is 4.76. The van der Waals surface area contributed by atoms with E-state index in [1.165, 1.54) is 0 Å². The van der Waals surface area contributed by atoms with Crippen molar-refractivity contribution in [3.63, 3.8) is 0 Å². The molecule has 1 aliphatic rings. The van der Waals surface area contributed by atoms with E-state index in [2.05, 4.69) is 5.32 Å². The lowest BCUT2D eigenvalue weighted by Gasteiger charge is -2.07. The van der Waals surface area contributed by atoms with Crippen molar-refractivity contribution < 1.29 is 14.6 Å². The molecule has 1 aliphatic heterocycles. The van der Waals surface area contributed by atoms with Crippen LogP contribution in [-0.4, -0.2) is 36.4 Å². The van der Waals surface area contributed by atoms with Crippen molar-refractivity contribution in [3.05, 3.63) is 0 Å². The predicted octanol–water partition coefficient (Wildman–Crippen LogP) is -0.306. The molecule has 0 amide bonds. The van der Waals surface area contributed by atoms with E-state index < -0.39 is 6.10 Å². The van der Waals surface area contributed by atoms with E-state index in [9.17, 15) is 4.79 Å². The summed E-state index contributed by atoms with van der Waals surface area (Å²) in [4.78, 5) is 11.0. The normalized spacial score (nSPS) is 27.8. The Kier molecular flexibility index (Phi) is 5.20. The van der Waals surface area contributed by atoms with E-state index in [1.54, 1.807) is 6.92 Å². The third kappa shape index (κ3) is 2.97. The Bertz CT molecular complexity index is 154. The van der Waals surface area contributed by atoms with Gasteiger partial charge in [-0.15, -0.1) is 12.4 Å². The van der Waals surface area contributed by atoms with Gasteiger partial charge in [-0.05, 0) is 6.92 Å². The molecule has 0 aliphatic carbocycles. The number of halogens is 1. The van der Waals surface area contributed by atoms with Crippen LogP contribution in [0.15, 0.2) is 0 Å². The molecule has 1 saturated heterocycles. The van der Waals surface area contributed by atoms with Gasteiger partial charge in [-0.25, -0.2) is 0 Å². The molecule has 0 spiro atoms. The molecule has 0 bridgehead atoms. The first-order valence-corrected chi connectivity index (χ1v) is 3.82. The highest BCUT2D eigenvalue weighted by Gasteiger charge is 2.28. The summed E-state index contributed by atoms with van der Waals surface area (Å²) >= 11 is 0. The predicted molar refractivity (Wildman–Crippen MR) is 46.3 cm³/mol. The van der Waals surface area contributed by atoms with E-state index >= 15 is 0 Å². The molecule has 0 aromatic heterocycles. The molecule has 0 radical (unpaired) electrons. The summed E-state index contributed by atoms with van der Waals surface area (Å²) in [5.41, 5.74) is 0. The summed E-state index contributed by atoms with van der Waals surface area (Å²) in [6.45, 7) is 2.65. The minimum absolute atomic E-state index is 0. The quantitative estimate of drug-likeness (QED) is 0.594. The van der Waals surface area contributed by atoms with Gasteiger partial charge in [0.25, 0.3) is 0 Å². The Labute approximate surface area is 77.7 Å². The number of ether oxygens (including phenoxy) is 1. The molecule has 2 atom stereocenters. The van der Waals surface area contributed by atoms with Crippen LogP contribution >= 0.6 is 12.4 Å². The third-order valence-corrected chi connectivity index (χ3v) is 1.68. The fraction of sp³-hybridized carbons (Fsp3) is 0.857. The molecule has 72 valence electrons. The molecule has 1 unspecified atom stereocenters. The van der Waals surface area contributed by atoms with Gasteiger partial charge < -0.3 is 15.2 Å². The fourth-order valence-electron chi connectivity index (χ4n) is 1.14. The van der Waals surface area contributed by atoms with Gasteiger partial charge in [0.05, 0.1) is 12.7 Å². The molecule has 1 fully saturated rings. The first kappa shape index (κ1) is 11.7. The van der Waals surface area contributed by atoms with Crippen molar-refractivity contribution in [1.82, 2.24) is 5.32 Å². The zero-order valence-corrected chi connectivity index (χ0v) is 7.76. The van der Waals surface area contributed by atoms with E-state index in [0.717, 1.165) is 0 Å². The molecule has 1 rings (SSSR count). The van der Waals surface area contributed by atoms with Gasteiger partial charge in [0, 0.05) is 13.0 Å². The SMILES string of the molecule is CCOC(=O)[C@H]1CC(O)CN1.Cl. The Morgan fingerprint density at radius 1 is 1.75 bits per heavy atom. The number of rotatable bonds is 2. The van der Waals surface area contributed by atoms with Crippen molar-refractivity contribution in [3.8, 4) is 0 Å². The van der Waals surface area contributed by atoms with Crippen LogP contribution in [-0.2, 0) is 9.53 Å². The molecule has 0 saturated carbocycles. The summed E-state index contributed by atoms with van der Waals surface area (Å²) in [6, 6.07) is -0.301. The van der Waals surface area contributed by atoms with Crippen LogP contribution in [0.2, 0.25) is 0 Å². The first-order valence-electron chi connectivity index (χ1n) is 3.82. The Morgan fingerprint density at radius 3 is 2.83 bits per heavy atom. The number of carbonyl (C=O) groups excluding carboxylic acids is 1. The monoisotopic (exact) mass is 195 g/mol. The number of hydrogen-bond donors (Lipinski definition) is 2. The lowest BCUT2D eigenvalue weighted by Crippen LogP contribution is -2.32. The number of carbonyl (C=O) groups is 1. The van der Waals surface area contributed by atoms with Gasteiger partial charge >= 0.3 is 5.97 Å². The zero-order valence-electron chi connectivity index (χ0n) is 6.95. The van der Waals surface area contributed by atoms with Crippen molar-refractivity contribution in [1.29, 1.82) is 0 Å². The van der Waals surface area contributed by atoms with Crippen LogP contribution in [0.5, 0.6) is 0 Å². The Morgan fingerprint density at radius 2 is 2.42 bits per heavy atom. The summed E-state index contributed by atoms with van der Waals surface area (Å²) in [6.07, 6.45) is 0.0724. The van der Waals surface area contributed by atoms with Gasteiger partial charge in [0.15, 0.2) is 0 Å². The molecule has 1 heterocycles. The molecule has 0 aromatic carbocycles. The number of aliphatic hydroxyl groups excluding tert-OH is 1. The second kappa shape index (κ2) is 5.35. The zero-order chi connectivity index (χ0) is 8.27. The van der Waals surface area contributed by atoms with Crippen LogP contribution in [0, 0.1) is 0 Å². The largest absolute Gasteiger partial charge is 0.465 e. The summed E-state index contributed by atoms with van der Waals surface area (Å²) in [7, 11) is 0. The van der Waals surface area contributed by atoms with Crippen LogP contribution in [0.25, 0.3) is 0 Å². The number of esters is 1. The van der Waals surface area contributed by atoms with Crippen molar-refractivity contribution in [2.45, 2.75) is 25.5 Å². The van der Waals surface area contributed by atoms with Crippen molar-refractivity contribution >= 4 is 18.4 Å². The van der Waals surface area contributed by atoms with Gasteiger partial charge in [-0.1, -0.05) is 0 Å². The van der Waals surface area contributed by atoms with Gasteiger partial charge in [0.1, 0.15) is 6.04 Å². The molecular formula is C7H14ClNO3. The minimum Gasteiger partial charge on any atom is -0.465 e. The molecule has 0 aromatic rings. The number of β-amino-alcohol motifs (C(OH)–C–C–N with tert-alkyl or cyclic N) is 1. The molecule has 5 heteroatoms. The van der Waals surface area contributed by atoms with Crippen molar-refractivity contribution in [2.24, 2.45) is 0 Å². The molecule has 12 heavy (non-hydrogen) atoms.